The Morgan fingerprint density at radius 2 is 1.71 bits per heavy atom. The van der Waals surface area contributed by atoms with Gasteiger partial charge in [-0.2, -0.15) is 0 Å². The highest BCUT2D eigenvalue weighted by molar-refractivity contribution is 5.92. The molecule has 0 aliphatic carbocycles. The topological polar surface area (TPSA) is 65.1 Å². The van der Waals surface area contributed by atoms with Gasteiger partial charge in [0.1, 0.15) is 0 Å². The first-order valence-electron chi connectivity index (χ1n) is 8.11. The van der Waals surface area contributed by atoms with Gasteiger partial charge in [-0.15, -0.1) is 0 Å². The number of likely N-dealkylation sites (tertiary alicyclic amines) is 1. The lowest BCUT2D eigenvalue weighted by Gasteiger charge is -2.34. The fourth-order valence-electron chi connectivity index (χ4n) is 3.13. The Bertz CT molecular complexity index is 591. The molecule has 1 saturated heterocycles. The van der Waals surface area contributed by atoms with E-state index in [0.29, 0.717) is 28.9 Å². The van der Waals surface area contributed by atoms with Crippen LogP contribution in [0.4, 0.5) is 0 Å². The molecule has 24 heavy (non-hydrogen) atoms. The van der Waals surface area contributed by atoms with E-state index in [1.165, 1.54) is 20.3 Å². The van der Waals surface area contributed by atoms with Crippen molar-refractivity contribution < 1.29 is 23.8 Å². The third-order valence-corrected chi connectivity index (χ3v) is 4.17. The molecule has 1 aliphatic heterocycles. The van der Waals surface area contributed by atoms with Gasteiger partial charge in [0.25, 0.3) is 5.91 Å². The minimum atomic E-state index is -0.553. The lowest BCUT2D eigenvalue weighted by molar-refractivity contribution is -0.137. The number of ether oxygens (including phenoxy) is 3. The fraction of sp³-hybridized carbons (Fsp3) is 0.556. The van der Waals surface area contributed by atoms with Crippen LogP contribution in [-0.2, 0) is 9.53 Å². The summed E-state index contributed by atoms with van der Waals surface area (Å²) in [6.45, 7) is 5.46. The number of carbonyl (C=O) groups excluding carboxylic acids is 2. The molecule has 0 saturated carbocycles. The Hall–Kier alpha value is -2.24. The third-order valence-electron chi connectivity index (χ3n) is 4.17. The number of hydrogen-bond acceptors (Lipinski definition) is 5. The van der Waals surface area contributed by atoms with Crippen LogP contribution in [0.5, 0.6) is 11.5 Å². The summed E-state index contributed by atoms with van der Waals surface area (Å²) in [5.41, 5.74) is 0.320. The van der Waals surface area contributed by atoms with Crippen LogP contribution < -0.4 is 9.47 Å². The number of piperidine rings is 1. The summed E-state index contributed by atoms with van der Waals surface area (Å²) in [6.07, 6.45) is 1.12. The molecule has 1 aliphatic rings. The van der Waals surface area contributed by atoms with Crippen molar-refractivity contribution in [2.45, 2.75) is 20.3 Å². The number of benzene rings is 1. The maximum absolute atomic E-state index is 12.3. The summed E-state index contributed by atoms with van der Waals surface area (Å²) >= 11 is 0. The molecule has 2 atom stereocenters. The summed E-state index contributed by atoms with van der Waals surface area (Å²) in [5.74, 6) is 1.21. The lowest BCUT2D eigenvalue weighted by Crippen LogP contribution is -2.44. The normalized spacial score (nSPS) is 20.4. The molecule has 1 fully saturated rings. The van der Waals surface area contributed by atoms with Gasteiger partial charge in [-0.3, -0.25) is 4.79 Å². The molecule has 0 aromatic heterocycles. The van der Waals surface area contributed by atoms with Crippen molar-refractivity contribution in [3.63, 3.8) is 0 Å². The summed E-state index contributed by atoms with van der Waals surface area (Å²) in [4.78, 5) is 26.2. The molecule has 1 heterocycles. The average molecular weight is 335 g/mol. The molecule has 6 nitrogen and oxygen atoms in total. The van der Waals surface area contributed by atoms with E-state index in [0.717, 1.165) is 19.5 Å². The molecule has 0 spiro atoms. The van der Waals surface area contributed by atoms with Crippen LogP contribution in [0.3, 0.4) is 0 Å². The zero-order valence-electron chi connectivity index (χ0n) is 14.7. The molecule has 1 amide bonds. The van der Waals surface area contributed by atoms with Crippen molar-refractivity contribution in [2.75, 3.05) is 33.9 Å². The van der Waals surface area contributed by atoms with E-state index in [1.54, 1.807) is 17.0 Å². The van der Waals surface area contributed by atoms with Gasteiger partial charge in [0.2, 0.25) is 0 Å². The first-order chi connectivity index (χ1) is 11.4. The van der Waals surface area contributed by atoms with Gasteiger partial charge in [0.15, 0.2) is 18.1 Å². The van der Waals surface area contributed by atoms with Gasteiger partial charge in [-0.1, -0.05) is 13.8 Å². The Morgan fingerprint density at radius 1 is 1.08 bits per heavy atom. The van der Waals surface area contributed by atoms with Crippen molar-refractivity contribution >= 4 is 11.9 Å². The Morgan fingerprint density at radius 3 is 2.29 bits per heavy atom. The van der Waals surface area contributed by atoms with Crippen molar-refractivity contribution in [2.24, 2.45) is 11.8 Å². The zero-order chi connectivity index (χ0) is 17.7. The van der Waals surface area contributed by atoms with Gasteiger partial charge in [-0.25, -0.2) is 4.79 Å². The SMILES string of the molecule is COc1ccc(C(=O)OCC(=O)N2C[C@H](C)C[C@@H](C)C2)cc1OC. The smallest absolute Gasteiger partial charge is 0.338 e. The predicted molar refractivity (Wildman–Crippen MR) is 89.4 cm³/mol. The number of carbonyl (C=O) groups is 2. The van der Waals surface area contributed by atoms with Crippen LogP contribution in [0, 0.1) is 11.8 Å². The first-order valence-corrected chi connectivity index (χ1v) is 8.11. The van der Waals surface area contributed by atoms with E-state index in [4.69, 9.17) is 14.2 Å². The van der Waals surface area contributed by atoms with Crippen LogP contribution >= 0.6 is 0 Å². The molecular weight excluding hydrogens is 310 g/mol. The molecule has 2 rings (SSSR count). The zero-order valence-corrected chi connectivity index (χ0v) is 14.7. The molecule has 1 aromatic rings. The highest BCUT2D eigenvalue weighted by Gasteiger charge is 2.26. The Kier molecular flexibility index (Phi) is 6.06. The van der Waals surface area contributed by atoms with Gasteiger partial charge in [-0.05, 0) is 36.5 Å². The molecule has 6 heteroatoms. The second kappa shape index (κ2) is 8.04. The van der Waals surface area contributed by atoms with Crippen LogP contribution in [0.2, 0.25) is 0 Å². The molecule has 0 bridgehead atoms. The number of amides is 1. The van der Waals surface area contributed by atoms with Crippen LogP contribution in [-0.4, -0.2) is 50.7 Å². The summed E-state index contributed by atoms with van der Waals surface area (Å²) < 4.78 is 15.5. The summed E-state index contributed by atoms with van der Waals surface area (Å²) in [7, 11) is 3.02. The number of nitrogens with zero attached hydrogens (tertiary/aromatic N) is 1. The van der Waals surface area contributed by atoms with Gasteiger partial charge < -0.3 is 19.1 Å². The Labute approximate surface area is 142 Å². The van der Waals surface area contributed by atoms with Crippen molar-refractivity contribution in [3.05, 3.63) is 23.8 Å². The molecule has 1 aromatic carbocycles. The third kappa shape index (κ3) is 4.40. The minimum absolute atomic E-state index is 0.151. The second-order valence-corrected chi connectivity index (χ2v) is 6.39. The van der Waals surface area contributed by atoms with Crippen LogP contribution in [0.25, 0.3) is 0 Å². The number of esters is 1. The maximum Gasteiger partial charge on any atom is 0.338 e. The average Bonchev–Trinajstić information content (AvgIpc) is 2.57. The lowest BCUT2D eigenvalue weighted by atomic mass is 9.92. The van der Waals surface area contributed by atoms with E-state index in [-0.39, 0.29) is 12.5 Å². The van der Waals surface area contributed by atoms with Crippen molar-refractivity contribution in [1.82, 2.24) is 4.90 Å². The number of methoxy groups -OCH3 is 2. The Balaban J connectivity index is 1.94. The molecule has 0 radical (unpaired) electrons. The van der Waals surface area contributed by atoms with E-state index < -0.39 is 5.97 Å². The number of hydrogen-bond donors (Lipinski definition) is 0. The highest BCUT2D eigenvalue weighted by atomic mass is 16.5. The van der Waals surface area contributed by atoms with E-state index in [9.17, 15) is 9.59 Å². The second-order valence-electron chi connectivity index (χ2n) is 6.39. The minimum Gasteiger partial charge on any atom is -0.493 e. The molecular formula is C18H25NO5. The monoisotopic (exact) mass is 335 g/mol. The van der Waals surface area contributed by atoms with Gasteiger partial charge in [0, 0.05) is 13.1 Å². The van der Waals surface area contributed by atoms with Gasteiger partial charge >= 0.3 is 5.97 Å². The molecule has 0 unspecified atom stereocenters. The van der Waals surface area contributed by atoms with Gasteiger partial charge in [0.05, 0.1) is 19.8 Å². The van der Waals surface area contributed by atoms with Crippen molar-refractivity contribution in [3.8, 4) is 11.5 Å². The van der Waals surface area contributed by atoms with Crippen LogP contribution in [0.1, 0.15) is 30.6 Å². The summed E-state index contributed by atoms with van der Waals surface area (Å²) in [5, 5.41) is 0. The standard InChI is InChI=1S/C18H25NO5/c1-12-7-13(2)10-19(9-12)17(20)11-24-18(21)14-5-6-15(22-3)16(8-14)23-4/h5-6,8,12-13H,7,9-11H2,1-4H3/t12-,13-/m1/s1. The first kappa shape index (κ1) is 18.1. The van der Waals surface area contributed by atoms with E-state index >= 15 is 0 Å². The van der Waals surface area contributed by atoms with E-state index in [2.05, 4.69) is 13.8 Å². The quantitative estimate of drug-likeness (QED) is 0.773. The molecule has 0 N–H and O–H groups in total. The van der Waals surface area contributed by atoms with Crippen molar-refractivity contribution in [1.29, 1.82) is 0 Å². The fourth-order valence-corrected chi connectivity index (χ4v) is 3.13. The largest absolute Gasteiger partial charge is 0.493 e. The number of rotatable bonds is 5. The predicted octanol–water partition coefficient (Wildman–Crippen LogP) is 2.37. The summed E-state index contributed by atoms with van der Waals surface area (Å²) in [6, 6.07) is 4.75. The molecule has 132 valence electrons. The maximum atomic E-state index is 12.3. The van der Waals surface area contributed by atoms with Crippen LogP contribution in [0.15, 0.2) is 18.2 Å². The highest BCUT2D eigenvalue weighted by Crippen LogP contribution is 2.27. The van der Waals surface area contributed by atoms with E-state index in [1.807, 2.05) is 0 Å².